The van der Waals surface area contributed by atoms with E-state index in [1.54, 1.807) is 7.11 Å². The average molecular weight is 263 g/mol. The van der Waals surface area contributed by atoms with Crippen molar-refractivity contribution in [3.63, 3.8) is 0 Å². The molecule has 0 radical (unpaired) electrons. The van der Waals surface area contributed by atoms with Crippen LogP contribution in [0.3, 0.4) is 0 Å². The summed E-state index contributed by atoms with van der Waals surface area (Å²) in [7, 11) is 3.71. The van der Waals surface area contributed by atoms with Gasteiger partial charge in [-0.1, -0.05) is 26.3 Å². The van der Waals surface area contributed by atoms with Gasteiger partial charge in [0.25, 0.3) is 0 Å². The molecule has 0 aliphatic rings. The van der Waals surface area contributed by atoms with Gasteiger partial charge in [-0.05, 0) is 30.7 Å². The van der Waals surface area contributed by atoms with Gasteiger partial charge in [-0.15, -0.1) is 0 Å². The van der Waals surface area contributed by atoms with Crippen LogP contribution in [0.15, 0.2) is 18.2 Å². The number of nitrogens with two attached hydrogens (primary N) is 1. The zero-order chi connectivity index (χ0) is 14.4. The van der Waals surface area contributed by atoms with Crippen LogP contribution in [0.25, 0.3) is 0 Å². The maximum absolute atomic E-state index is 7.59. The molecular formula is C15H25N3O. The first-order chi connectivity index (χ1) is 8.97. The standard InChI is InChI=1S/C15H25N3O/c1-5-11(2)9-18(3)10-12-6-7-14(19-4)13(8-12)15(16)17/h6-8,11H,5,9-10H2,1-4H3,(H3,16,17). The van der Waals surface area contributed by atoms with Crippen molar-refractivity contribution < 1.29 is 4.74 Å². The van der Waals surface area contributed by atoms with Gasteiger partial charge in [0.15, 0.2) is 0 Å². The van der Waals surface area contributed by atoms with E-state index in [4.69, 9.17) is 15.9 Å². The van der Waals surface area contributed by atoms with E-state index >= 15 is 0 Å². The molecule has 19 heavy (non-hydrogen) atoms. The molecule has 0 saturated carbocycles. The van der Waals surface area contributed by atoms with E-state index in [1.165, 1.54) is 6.42 Å². The molecule has 1 rings (SSSR count). The quantitative estimate of drug-likeness (QED) is 0.587. The van der Waals surface area contributed by atoms with Gasteiger partial charge in [-0.3, -0.25) is 5.41 Å². The number of nitrogen functional groups attached to an aromatic ring is 1. The van der Waals surface area contributed by atoms with Crippen LogP contribution in [-0.2, 0) is 6.54 Å². The molecule has 0 heterocycles. The van der Waals surface area contributed by atoms with Gasteiger partial charge in [0.2, 0.25) is 0 Å². The third kappa shape index (κ3) is 4.56. The van der Waals surface area contributed by atoms with Crippen LogP contribution in [0.2, 0.25) is 0 Å². The molecular weight excluding hydrogens is 238 g/mol. The van der Waals surface area contributed by atoms with Gasteiger partial charge in [-0.2, -0.15) is 0 Å². The van der Waals surface area contributed by atoms with E-state index in [1.807, 2.05) is 18.2 Å². The van der Waals surface area contributed by atoms with Crippen molar-refractivity contribution in [2.45, 2.75) is 26.8 Å². The number of methoxy groups -OCH3 is 1. The Morgan fingerprint density at radius 1 is 1.47 bits per heavy atom. The Kier molecular flexibility index (Phi) is 5.83. The van der Waals surface area contributed by atoms with Crippen LogP contribution < -0.4 is 10.5 Å². The lowest BCUT2D eigenvalue weighted by atomic mass is 10.1. The summed E-state index contributed by atoms with van der Waals surface area (Å²) in [5, 5.41) is 7.59. The molecule has 106 valence electrons. The molecule has 0 aliphatic heterocycles. The number of hydrogen-bond donors (Lipinski definition) is 2. The van der Waals surface area contributed by atoms with Crippen LogP contribution in [0, 0.1) is 11.3 Å². The SMILES string of the molecule is CCC(C)CN(C)Cc1ccc(OC)c(C(=N)N)c1. The van der Waals surface area contributed by atoms with Crippen molar-refractivity contribution in [3.8, 4) is 5.75 Å². The highest BCUT2D eigenvalue weighted by molar-refractivity contribution is 5.97. The van der Waals surface area contributed by atoms with Crippen molar-refractivity contribution in [1.82, 2.24) is 4.90 Å². The Bertz CT molecular complexity index is 431. The summed E-state index contributed by atoms with van der Waals surface area (Å²) in [5.41, 5.74) is 7.40. The molecule has 0 spiro atoms. The predicted molar refractivity (Wildman–Crippen MR) is 79.8 cm³/mol. The lowest BCUT2D eigenvalue weighted by Crippen LogP contribution is -2.24. The molecule has 1 aromatic rings. The molecule has 1 unspecified atom stereocenters. The highest BCUT2D eigenvalue weighted by Gasteiger charge is 2.10. The Morgan fingerprint density at radius 3 is 2.68 bits per heavy atom. The van der Waals surface area contributed by atoms with E-state index < -0.39 is 0 Å². The van der Waals surface area contributed by atoms with Gasteiger partial charge in [0.1, 0.15) is 11.6 Å². The van der Waals surface area contributed by atoms with Crippen LogP contribution in [0.5, 0.6) is 5.75 Å². The Morgan fingerprint density at radius 2 is 2.16 bits per heavy atom. The van der Waals surface area contributed by atoms with Crippen LogP contribution in [0.4, 0.5) is 0 Å². The number of benzene rings is 1. The first-order valence-electron chi connectivity index (χ1n) is 6.67. The van der Waals surface area contributed by atoms with Gasteiger partial charge >= 0.3 is 0 Å². The summed E-state index contributed by atoms with van der Waals surface area (Å²) in [6, 6.07) is 5.84. The fourth-order valence-corrected chi connectivity index (χ4v) is 2.10. The Labute approximate surface area is 116 Å². The molecule has 0 amide bonds. The van der Waals surface area contributed by atoms with Gasteiger partial charge < -0.3 is 15.4 Å². The van der Waals surface area contributed by atoms with Crippen LogP contribution in [-0.4, -0.2) is 31.4 Å². The first-order valence-corrected chi connectivity index (χ1v) is 6.67. The molecule has 0 bridgehead atoms. The van der Waals surface area contributed by atoms with Crippen molar-refractivity contribution in [3.05, 3.63) is 29.3 Å². The largest absolute Gasteiger partial charge is 0.496 e. The molecule has 0 fully saturated rings. The fourth-order valence-electron chi connectivity index (χ4n) is 2.10. The van der Waals surface area contributed by atoms with Crippen molar-refractivity contribution in [2.75, 3.05) is 20.7 Å². The molecule has 4 nitrogen and oxygen atoms in total. The maximum atomic E-state index is 7.59. The van der Waals surface area contributed by atoms with Crippen LogP contribution >= 0.6 is 0 Å². The second-order valence-electron chi connectivity index (χ2n) is 5.16. The molecule has 4 heteroatoms. The summed E-state index contributed by atoms with van der Waals surface area (Å²) < 4.78 is 5.21. The summed E-state index contributed by atoms with van der Waals surface area (Å²) in [4.78, 5) is 2.29. The highest BCUT2D eigenvalue weighted by Crippen LogP contribution is 2.20. The van der Waals surface area contributed by atoms with Crippen molar-refractivity contribution in [2.24, 2.45) is 11.7 Å². The van der Waals surface area contributed by atoms with E-state index in [9.17, 15) is 0 Å². The van der Waals surface area contributed by atoms with E-state index in [2.05, 4.69) is 25.8 Å². The van der Waals surface area contributed by atoms with E-state index in [-0.39, 0.29) is 5.84 Å². The topological polar surface area (TPSA) is 62.3 Å². The van der Waals surface area contributed by atoms with Gasteiger partial charge in [-0.25, -0.2) is 0 Å². The molecule has 0 aromatic heterocycles. The summed E-state index contributed by atoms with van der Waals surface area (Å²) in [6.07, 6.45) is 1.19. The predicted octanol–water partition coefficient (Wildman–Crippen LogP) is 2.46. The fraction of sp³-hybridized carbons (Fsp3) is 0.533. The van der Waals surface area contributed by atoms with Gasteiger partial charge in [0.05, 0.1) is 12.7 Å². The third-order valence-electron chi connectivity index (χ3n) is 3.33. The third-order valence-corrected chi connectivity index (χ3v) is 3.33. The average Bonchev–Trinajstić information content (AvgIpc) is 2.38. The zero-order valence-corrected chi connectivity index (χ0v) is 12.4. The smallest absolute Gasteiger partial charge is 0.129 e. The Balaban J connectivity index is 2.79. The number of ether oxygens (including phenoxy) is 1. The first kappa shape index (κ1) is 15.5. The second-order valence-corrected chi connectivity index (χ2v) is 5.16. The molecule has 1 atom stereocenters. The van der Waals surface area contributed by atoms with E-state index in [0.29, 0.717) is 17.2 Å². The summed E-state index contributed by atoms with van der Waals surface area (Å²) in [5.74, 6) is 1.39. The van der Waals surface area contributed by atoms with Crippen LogP contribution in [0.1, 0.15) is 31.4 Å². The minimum Gasteiger partial charge on any atom is -0.496 e. The maximum Gasteiger partial charge on any atom is 0.129 e. The molecule has 3 N–H and O–H groups in total. The van der Waals surface area contributed by atoms with Crippen molar-refractivity contribution >= 4 is 5.84 Å². The number of hydrogen-bond acceptors (Lipinski definition) is 3. The summed E-state index contributed by atoms with van der Waals surface area (Å²) in [6.45, 7) is 6.39. The molecule has 1 aromatic carbocycles. The lowest BCUT2D eigenvalue weighted by Gasteiger charge is -2.21. The molecule has 0 saturated heterocycles. The van der Waals surface area contributed by atoms with Gasteiger partial charge in [0, 0.05) is 13.1 Å². The number of nitrogens with zero attached hydrogens (tertiary/aromatic N) is 1. The van der Waals surface area contributed by atoms with Crippen molar-refractivity contribution in [1.29, 1.82) is 5.41 Å². The highest BCUT2D eigenvalue weighted by atomic mass is 16.5. The number of rotatable bonds is 7. The molecule has 0 aliphatic carbocycles. The number of nitrogens with one attached hydrogen (secondary N) is 1. The normalized spacial score (nSPS) is 12.5. The zero-order valence-electron chi connectivity index (χ0n) is 12.4. The minimum atomic E-state index is 0.0447. The second kappa shape index (κ2) is 7.14. The lowest BCUT2D eigenvalue weighted by molar-refractivity contribution is 0.275. The Hall–Kier alpha value is -1.55. The number of amidine groups is 1. The monoisotopic (exact) mass is 263 g/mol. The minimum absolute atomic E-state index is 0.0447. The van der Waals surface area contributed by atoms with E-state index in [0.717, 1.165) is 18.7 Å². The summed E-state index contributed by atoms with van der Waals surface area (Å²) >= 11 is 0.